The lowest BCUT2D eigenvalue weighted by molar-refractivity contribution is -0.136. The van der Waals surface area contributed by atoms with Crippen molar-refractivity contribution in [2.24, 2.45) is 0 Å². The van der Waals surface area contributed by atoms with Crippen molar-refractivity contribution in [3.05, 3.63) is 82.1 Å². The predicted octanol–water partition coefficient (Wildman–Crippen LogP) is 3.89. The minimum absolute atomic E-state index is 0.132. The molecule has 0 saturated heterocycles. The van der Waals surface area contributed by atoms with Crippen molar-refractivity contribution in [3.8, 4) is 0 Å². The highest BCUT2D eigenvalue weighted by Gasteiger charge is 2.28. The molecule has 0 saturated carbocycles. The lowest BCUT2D eigenvalue weighted by Crippen LogP contribution is -2.41. The molecule has 0 radical (unpaired) electrons. The first-order valence-electron chi connectivity index (χ1n) is 9.45. The Bertz CT molecular complexity index is 1070. The Morgan fingerprint density at radius 3 is 2.67 bits per heavy atom. The monoisotopic (exact) mass is 427 g/mol. The zero-order chi connectivity index (χ0) is 21.1. The van der Waals surface area contributed by atoms with Crippen LogP contribution < -0.4 is 15.5 Å². The van der Waals surface area contributed by atoms with Crippen molar-refractivity contribution < 1.29 is 18.4 Å². The van der Waals surface area contributed by atoms with Gasteiger partial charge in [-0.3, -0.25) is 9.59 Å². The molecule has 30 heavy (non-hydrogen) atoms. The van der Waals surface area contributed by atoms with E-state index in [1.165, 1.54) is 5.56 Å². The number of nitrogens with one attached hydrogen (secondary N) is 2. The molecule has 0 spiro atoms. The second-order valence-electron chi connectivity index (χ2n) is 6.89. The molecule has 5 nitrogen and oxygen atoms in total. The predicted molar refractivity (Wildman–Crippen MR) is 113 cm³/mol. The number of anilines is 2. The molecule has 2 amide bonds. The molecule has 154 valence electrons. The van der Waals surface area contributed by atoms with E-state index in [2.05, 4.69) is 27.7 Å². The van der Waals surface area contributed by atoms with E-state index in [1.54, 1.807) is 11.3 Å². The summed E-state index contributed by atoms with van der Waals surface area (Å²) < 4.78 is 26.7. The first-order chi connectivity index (χ1) is 14.5. The zero-order valence-corrected chi connectivity index (χ0v) is 16.7. The quantitative estimate of drug-likeness (QED) is 0.608. The van der Waals surface area contributed by atoms with Gasteiger partial charge in [-0.25, -0.2) is 8.78 Å². The molecular formula is C22H19F2N3O2S. The molecule has 2 heterocycles. The van der Waals surface area contributed by atoms with Crippen molar-refractivity contribution in [2.75, 3.05) is 23.3 Å². The van der Waals surface area contributed by atoms with Crippen LogP contribution in [0.1, 0.15) is 16.5 Å². The Balaban J connectivity index is 1.45. The maximum absolute atomic E-state index is 13.7. The summed E-state index contributed by atoms with van der Waals surface area (Å²) in [5.41, 5.74) is 2.11. The Morgan fingerprint density at radius 2 is 1.90 bits per heavy atom. The first kappa shape index (κ1) is 20.0. The van der Waals surface area contributed by atoms with Crippen LogP contribution >= 0.6 is 11.3 Å². The fourth-order valence-corrected chi connectivity index (χ4v) is 4.41. The SMILES string of the molecule is O=C(NC[C@@H](c1cccs1)N1CCc2ccccc21)C(=O)Nc1ccc(F)cc1F. The number of carbonyl (C=O) groups excluding carboxylic acids is 2. The third kappa shape index (κ3) is 4.18. The van der Waals surface area contributed by atoms with Crippen molar-refractivity contribution in [1.29, 1.82) is 0 Å². The van der Waals surface area contributed by atoms with Gasteiger partial charge in [-0.15, -0.1) is 11.3 Å². The van der Waals surface area contributed by atoms with Crippen LogP contribution in [-0.2, 0) is 16.0 Å². The number of carbonyl (C=O) groups is 2. The maximum Gasteiger partial charge on any atom is 0.313 e. The topological polar surface area (TPSA) is 61.4 Å². The van der Waals surface area contributed by atoms with E-state index in [4.69, 9.17) is 0 Å². The number of benzene rings is 2. The summed E-state index contributed by atoms with van der Waals surface area (Å²) in [7, 11) is 0. The number of halogens is 2. The molecule has 1 aromatic heterocycles. The van der Waals surface area contributed by atoms with Crippen molar-refractivity contribution >= 4 is 34.5 Å². The van der Waals surface area contributed by atoms with E-state index in [-0.39, 0.29) is 18.3 Å². The number of rotatable bonds is 5. The van der Waals surface area contributed by atoms with Gasteiger partial charge in [0, 0.05) is 29.7 Å². The highest BCUT2D eigenvalue weighted by Crippen LogP contribution is 2.36. The van der Waals surface area contributed by atoms with E-state index in [0.29, 0.717) is 6.07 Å². The molecule has 2 N–H and O–H groups in total. The lowest BCUT2D eigenvalue weighted by Gasteiger charge is -2.30. The summed E-state index contributed by atoms with van der Waals surface area (Å²) in [4.78, 5) is 27.8. The minimum atomic E-state index is -1.01. The van der Waals surface area contributed by atoms with Gasteiger partial charge in [0.15, 0.2) is 0 Å². The number of hydrogen-bond acceptors (Lipinski definition) is 4. The van der Waals surface area contributed by atoms with Gasteiger partial charge in [0.25, 0.3) is 0 Å². The summed E-state index contributed by atoms with van der Waals surface area (Å²) in [6.07, 6.45) is 0.913. The van der Waals surface area contributed by atoms with Gasteiger partial charge in [0.2, 0.25) is 0 Å². The van der Waals surface area contributed by atoms with Gasteiger partial charge in [-0.2, -0.15) is 0 Å². The lowest BCUT2D eigenvalue weighted by atomic mass is 10.1. The van der Waals surface area contributed by atoms with Gasteiger partial charge in [-0.05, 0) is 41.6 Å². The average Bonchev–Trinajstić information content (AvgIpc) is 3.41. The van der Waals surface area contributed by atoms with Gasteiger partial charge < -0.3 is 15.5 Å². The Kier molecular flexibility index (Phi) is 5.76. The van der Waals surface area contributed by atoms with Crippen molar-refractivity contribution in [1.82, 2.24) is 5.32 Å². The molecule has 1 aliphatic heterocycles. The van der Waals surface area contributed by atoms with Crippen LogP contribution in [0.15, 0.2) is 60.0 Å². The molecule has 3 aromatic rings. The van der Waals surface area contributed by atoms with E-state index in [0.717, 1.165) is 35.7 Å². The minimum Gasteiger partial charge on any atom is -0.361 e. The fourth-order valence-electron chi connectivity index (χ4n) is 3.57. The number of para-hydroxylation sites is 1. The highest BCUT2D eigenvalue weighted by atomic mass is 32.1. The number of hydrogen-bond donors (Lipinski definition) is 2. The molecule has 0 unspecified atom stereocenters. The van der Waals surface area contributed by atoms with Crippen LogP contribution in [0.25, 0.3) is 0 Å². The van der Waals surface area contributed by atoms with Gasteiger partial charge in [0.05, 0.1) is 11.7 Å². The summed E-state index contributed by atoms with van der Waals surface area (Å²) in [6, 6.07) is 14.7. The number of thiophene rings is 1. The number of fused-ring (bicyclic) bond motifs is 1. The summed E-state index contributed by atoms with van der Waals surface area (Å²) in [5, 5.41) is 6.79. The van der Waals surface area contributed by atoms with E-state index >= 15 is 0 Å². The molecule has 8 heteroatoms. The molecule has 0 fully saturated rings. The standard InChI is InChI=1S/C22H19F2N3O2S/c23-15-7-8-17(16(24)12-15)26-22(29)21(28)25-13-19(20-6-3-11-30-20)27-10-9-14-4-1-2-5-18(14)27/h1-8,11-12,19H,9-10,13H2,(H,25,28)(H,26,29)/t19-/m0/s1. The molecule has 1 atom stereocenters. The van der Waals surface area contributed by atoms with Crippen molar-refractivity contribution in [2.45, 2.75) is 12.5 Å². The van der Waals surface area contributed by atoms with Crippen LogP contribution in [0.2, 0.25) is 0 Å². The zero-order valence-electron chi connectivity index (χ0n) is 15.9. The van der Waals surface area contributed by atoms with E-state index < -0.39 is 23.4 Å². The third-order valence-electron chi connectivity index (χ3n) is 5.01. The van der Waals surface area contributed by atoms with Crippen molar-refractivity contribution in [3.63, 3.8) is 0 Å². The molecule has 2 aromatic carbocycles. The normalized spacial score (nSPS) is 13.6. The first-order valence-corrected chi connectivity index (χ1v) is 10.3. The van der Waals surface area contributed by atoms with Gasteiger partial charge in [-0.1, -0.05) is 24.3 Å². The number of amides is 2. The van der Waals surface area contributed by atoms with Gasteiger partial charge >= 0.3 is 11.8 Å². The molecule has 1 aliphatic rings. The highest BCUT2D eigenvalue weighted by molar-refractivity contribution is 7.10. The summed E-state index contributed by atoms with van der Waals surface area (Å²) in [5.74, 6) is -3.60. The Labute approximate surface area is 176 Å². The van der Waals surface area contributed by atoms with Crippen LogP contribution in [0.4, 0.5) is 20.2 Å². The van der Waals surface area contributed by atoms with E-state index in [1.807, 2.05) is 29.6 Å². The van der Waals surface area contributed by atoms with Crippen LogP contribution in [-0.4, -0.2) is 24.9 Å². The molecule has 0 bridgehead atoms. The number of nitrogens with zero attached hydrogens (tertiary/aromatic N) is 1. The average molecular weight is 427 g/mol. The summed E-state index contributed by atoms with van der Waals surface area (Å²) >= 11 is 1.58. The maximum atomic E-state index is 13.7. The Hall–Kier alpha value is -3.26. The van der Waals surface area contributed by atoms with Crippen LogP contribution in [0.5, 0.6) is 0 Å². The smallest absolute Gasteiger partial charge is 0.313 e. The Morgan fingerprint density at radius 1 is 1.07 bits per heavy atom. The van der Waals surface area contributed by atoms with E-state index in [9.17, 15) is 18.4 Å². The largest absolute Gasteiger partial charge is 0.361 e. The molecular weight excluding hydrogens is 408 g/mol. The summed E-state index contributed by atoms with van der Waals surface area (Å²) in [6.45, 7) is 1.03. The molecule has 4 rings (SSSR count). The second-order valence-corrected chi connectivity index (χ2v) is 7.87. The third-order valence-corrected chi connectivity index (χ3v) is 5.99. The second kappa shape index (κ2) is 8.62. The van der Waals surface area contributed by atoms with Crippen LogP contribution in [0.3, 0.4) is 0 Å². The fraction of sp³-hybridized carbons (Fsp3) is 0.182. The van der Waals surface area contributed by atoms with Crippen LogP contribution in [0, 0.1) is 11.6 Å². The molecule has 0 aliphatic carbocycles. The van der Waals surface area contributed by atoms with Gasteiger partial charge in [0.1, 0.15) is 11.6 Å².